The van der Waals surface area contributed by atoms with Crippen molar-refractivity contribution in [2.45, 2.75) is 20.3 Å². The quantitative estimate of drug-likeness (QED) is 0.222. The van der Waals surface area contributed by atoms with E-state index in [0.29, 0.717) is 28.9 Å². The molecule has 2 aromatic carbocycles. The molecule has 0 spiro atoms. The Bertz CT molecular complexity index is 1170. The Hall–Kier alpha value is -3.21. The largest absolute Gasteiger partial charge is 0.497 e. The number of carbonyl (C=O) groups excluding carboxylic acids is 1. The second-order valence-corrected chi connectivity index (χ2v) is 8.56. The average Bonchev–Trinajstić information content (AvgIpc) is 3.38. The minimum atomic E-state index is -0.502. The maximum Gasteiger partial charge on any atom is 0.270 e. The van der Waals surface area contributed by atoms with Crippen LogP contribution in [-0.4, -0.2) is 61.1 Å². The molecule has 11 heteroatoms. The van der Waals surface area contributed by atoms with Gasteiger partial charge in [-0.05, 0) is 50.3 Å². The predicted octanol–water partition coefficient (Wildman–Crippen LogP) is 5.54. The number of anilines is 1. The summed E-state index contributed by atoms with van der Waals surface area (Å²) in [6.07, 6.45) is 0.736. The number of amides is 1. The van der Waals surface area contributed by atoms with E-state index >= 15 is 0 Å². The zero-order chi connectivity index (χ0) is 25.4. The highest BCUT2D eigenvalue weighted by Crippen LogP contribution is 2.36. The summed E-state index contributed by atoms with van der Waals surface area (Å²) >= 11 is 1.34. The van der Waals surface area contributed by atoms with Crippen LogP contribution in [0.3, 0.4) is 0 Å². The number of ether oxygens (including phenoxy) is 2. The number of nitrogens with zero attached hydrogens (tertiary/aromatic N) is 4. The molecule has 0 N–H and O–H groups in total. The van der Waals surface area contributed by atoms with Crippen molar-refractivity contribution in [3.63, 3.8) is 0 Å². The minimum absolute atomic E-state index is 0. The Balaban J connectivity index is 0.00000456. The molecule has 0 aliphatic heterocycles. The molecule has 0 atom stereocenters. The lowest BCUT2D eigenvalue weighted by molar-refractivity contribution is -0.384. The first-order valence-corrected chi connectivity index (χ1v) is 12.3. The van der Waals surface area contributed by atoms with Crippen LogP contribution in [0.1, 0.15) is 30.6 Å². The van der Waals surface area contributed by atoms with E-state index in [-0.39, 0.29) is 29.6 Å². The van der Waals surface area contributed by atoms with Crippen LogP contribution in [0.4, 0.5) is 10.8 Å². The smallest absolute Gasteiger partial charge is 0.270 e. The van der Waals surface area contributed by atoms with Gasteiger partial charge in [-0.1, -0.05) is 19.9 Å². The third kappa shape index (κ3) is 6.93. The van der Waals surface area contributed by atoms with Crippen molar-refractivity contribution in [2.24, 2.45) is 0 Å². The number of rotatable bonds is 12. The highest BCUT2D eigenvalue weighted by molar-refractivity contribution is 7.14. The summed E-state index contributed by atoms with van der Waals surface area (Å²) in [6, 6.07) is 11.2. The highest BCUT2D eigenvalue weighted by atomic mass is 35.5. The first-order valence-electron chi connectivity index (χ1n) is 11.4. The number of benzene rings is 2. The van der Waals surface area contributed by atoms with Crippen LogP contribution in [0.5, 0.6) is 11.5 Å². The molecule has 194 valence electrons. The lowest BCUT2D eigenvalue weighted by atomic mass is 10.1. The molecule has 1 aromatic heterocycles. The summed E-state index contributed by atoms with van der Waals surface area (Å²) in [7, 11) is 3.18. The third-order valence-electron chi connectivity index (χ3n) is 5.71. The maximum absolute atomic E-state index is 13.5. The van der Waals surface area contributed by atoms with E-state index in [1.165, 1.54) is 29.5 Å². The van der Waals surface area contributed by atoms with Gasteiger partial charge in [0, 0.05) is 35.2 Å². The van der Waals surface area contributed by atoms with Crippen LogP contribution in [0, 0.1) is 10.1 Å². The van der Waals surface area contributed by atoms with E-state index in [2.05, 4.69) is 18.7 Å². The fraction of sp³-hybridized carbons (Fsp3) is 0.360. The van der Waals surface area contributed by atoms with Gasteiger partial charge in [0.25, 0.3) is 11.6 Å². The van der Waals surface area contributed by atoms with Crippen molar-refractivity contribution in [1.82, 2.24) is 9.88 Å². The molecular formula is C25H31ClN4O5S. The molecule has 1 heterocycles. The van der Waals surface area contributed by atoms with E-state index in [9.17, 15) is 14.9 Å². The van der Waals surface area contributed by atoms with Crippen molar-refractivity contribution in [2.75, 3.05) is 45.3 Å². The second-order valence-electron chi connectivity index (χ2n) is 7.73. The van der Waals surface area contributed by atoms with Crippen molar-refractivity contribution >= 4 is 40.5 Å². The fourth-order valence-electron chi connectivity index (χ4n) is 3.71. The number of nitro benzene ring substituents is 1. The molecule has 0 saturated carbocycles. The number of nitro groups is 1. The molecular weight excluding hydrogens is 504 g/mol. The number of hydrogen-bond donors (Lipinski definition) is 0. The van der Waals surface area contributed by atoms with Gasteiger partial charge in [-0.3, -0.25) is 19.8 Å². The number of aromatic nitrogens is 1. The van der Waals surface area contributed by atoms with E-state index in [1.807, 2.05) is 17.5 Å². The molecule has 9 nitrogen and oxygen atoms in total. The molecule has 1 amide bonds. The Morgan fingerprint density at radius 2 is 1.83 bits per heavy atom. The predicted molar refractivity (Wildman–Crippen MR) is 145 cm³/mol. The zero-order valence-corrected chi connectivity index (χ0v) is 22.4. The van der Waals surface area contributed by atoms with E-state index in [1.54, 1.807) is 31.3 Å². The van der Waals surface area contributed by atoms with E-state index < -0.39 is 4.92 Å². The van der Waals surface area contributed by atoms with Gasteiger partial charge < -0.3 is 14.4 Å². The van der Waals surface area contributed by atoms with Crippen LogP contribution in [0.25, 0.3) is 11.3 Å². The van der Waals surface area contributed by atoms with Crippen LogP contribution in [-0.2, 0) is 0 Å². The average molecular weight is 535 g/mol. The molecule has 0 aliphatic carbocycles. The summed E-state index contributed by atoms with van der Waals surface area (Å²) in [5.41, 5.74) is 1.53. The molecule has 0 aliphatic rings. The molecule has 0 saturated heterocycles. The summed E-state index contributed by atoms with van der Waals surface area (Å²) < 4.78 is 10.8. The van der Waals surface area contributed by atoms with Crippen molar-refractivity contribution < 1.29 is 19.2 Å². The third-order valence-corrected chi connectivity index (χ3v) is 6.57. The van der Waals surface area contributed by atoms with Crippen LogP contribution in [0.2, 0.25) is 0 Å². The number of hydrogen-bond acceptors (Lipinski definition) is 8. The summed E-state index contributed by atoms with van der Waals surface area (Å²) in [5.74, 6) is 0.978. The zero-order valence-electron chi connectivity index (χ0n) is 20.8. The van der Waals surface area contributed by atoms with E-state index in [0.717, 1.165) is 31.6 Å². The Labute approximate surface area is 221 Å². The number of methoxy groups -OCH3 is 2. The van der Waals surface area contributed by atoms with Gasteiger partial charge in [-0.15, -0.1) is 23.7 Å². The van der Waals surface area contributed by atoms with Crippen molar-refractivity contribution in [3.8, 4) is 22.8 Å². The fourth-order valence-corrected chi connectivity index (χ4v) is 4.56. The van der Waals surface area contributed by atoms with Crippen LogP contribution in [0.15, 0.2) is 47.8 Å². The first-order chi connectivity index (χ1) is 16.9. The van der Waals surface area contributed by atoms with Gasteiger partial charge in [0.1, 0.15) is 11.5 Å². The van der Waals surface area contributed by atoms with Crippen LogP contribution >= 0.6 is 23.7 Å². The standard InChI is InChI=1S/C25H30N4O5S.ClH/c1-5-27(6-2)13-8-14-28(24(30)18-9-7-10-19(15-18)29(31)32)25-26-22(17-35-25)21-16-20(33-3)11-12-23(21)34-4;/h7,9-12,15-17H,5-6,8,13-14H2,1-4H3;1H. The molecule has 0 unspecified atom stereocenters. The highest BCUT2D eigenvalue weighted by Gasteiger charge is 2.23. The Morgan fingerprint density at radius 1 is 1.08 bits per heavy atom. The van der Waals surface area contributed by atoms with Gasteiger partial charge in [0.05, 0.1) is 24.8 Å². The first kappa shape index (κ1) is 29.0. The lowest BCUT2D eigenvalue weighted by Crippen LogP contribution is -2.34. The van der Waals surface area contributed by atoms with Gasteiger partial charge >= 0.3 is 0 Å². The van der Waals surface area contributed by atoms with Gasteiger partial charge in [0.15, 0.2) is 5.13 Å². The minimum Gasteiger partial charge on any atom is -0.497 e. The lowest BCUT2D eigenvalue weighted by Gasteiger charge is -2.23. The SMILES string of the molecule is CCN(CC)CCCN(C(=O)c1cccc([N+](=O)[O-])c1)c1nc(-c2cc(OC)ccc2OC)cs1.Cl. The molecule has 3 rings (SSSR count). The summed E-state index contributed by atoms with van der Waals surface area (Å²) in [4.78, 5) is 32.9. The number of carbonyl (C=O) groups is 1. The van der Waals surface area contributed by atoms with Crippen LogP contribution < -0.4 is 14.4 Å². The molecule has 0 radical (unpaired) electrons. The number of non-ortho nitro benzene ring substituents is 1. The van der Waals surface area contributed by atoms with Crippen molar-refractivity contribution in [3.05, 3.63) is 63.5 Å². The molecule has 36 heavy (non-hydrogen) atoms. The monoisotopic (exact) mass is 534 g/mol. The summed E-state index contributed by atoms with van der Waals surface area (Å²) in [6.45, 7) is 7.31. The van der Waals surface area contributed by atoms with Gasteiger partial charge in [0.2, 0.25) is 0 Å². The normalized spacial score (nSPS) is 10.6. The number of halogens is 1. The molecule has 3 aromatic rings. The van der Waals surface area contributed by atoms with E-state index in [4.69, 9.17) is 14.5 Å². The molecule has 0 bridgehead atoms. The Morgan fingerprint density at radius 3 is 2.47 bits per heavy atom. The molecule has 0 fully saturated rings. The van der Waals surface area contributed by atoms with Gasteiger partial charge in [-0.25, -0.2) is 4.98 Å². The number of thiazole rings is 1. The Kier molecular flexibility index (Phi) is 11.1. The second kappa shape index (κ2) is 13.8. The van der Waals surface area contributed by atoms with Crippen molar-refractivity contribution in [1.29, 1.82) is 0 Å². The summed E-state index contributed by atoms with van der Waals surface area (Å²) in [5, 5.41) is 13.6. The topological polar surface area (TPSA) is 98.0 Å². The van der Waals surface area contributed by atoms with Gasteiger partial charge in [-0.2, -0.15) is 0 Å². The maximum atomic E-state index is 13.5.